The Kier molecular flexibility index (Phi) is 3.84. The Morgan fingerprint density at radius 1 is 1.59 bits per heavy atom. The molecule has 1 atom stereocenters. The second-order valence-electron chi connectivity index (χ2n) is 4.34. The van der Waals surface area contributed by atoms with E-state index in [0.29, 0.717) is 18.8 Å². The lowest BCUT2D eigenvalue weighted by molar-refractivity contribution is 0.0684. The van der Waals surface area contributed by atoms with Crippen molar-refractivity contribution in [2.45, 2.75) is 38.8 Å². The van der Waals surface area contributed by atoms with Gasteiger partial charge in [-0.2, -0.15) is 0 Å². The predicted molar refractivity (Wildman–Crippen MR) is 66.8 cm³/mol. The van der Waals surface area contributed by atoms with Crippen LogP contribution in [0.4, 0.5) is 0 Å². The third kappa shape index (κ3) is 2.38. The predicted octanol–water partition coefficient (Wildman–Crippen LogP) is 1.29. The molecular formula is C12H17ClN2O2. The lowest BCUT2D eigenvalue weighted by Crippen LogP contribution is -2.38. The third-order valence-electron chi connectivity index (χ3n) is 3.30. The SMILES string of the molecule is COC1CCc2nc(C)c(CCCl)c(=O)n2C1. The van der Waals surface area contributed by atoms with Gasteiger partial charge >= 0.3 is 0 Å². The summed E-state index contributed by atoms with van der Waals surface area (Å²) in [6.45, 7) is 2.49. The van der Waals surface area contributed by atoms with Gasteiger partial charge in [-0.3, -0.25) is 9.36 Å². The number of alkyl halides is 1. The van der Waals surface area contributed by atoms with Gasteiger partial charge < -0.3 is 4.74 Å². The molecule has 17 heavy (non-hydrogen) atoms. The van der Waals surface area contributed by atoms with Crippen molar-refractivity contribution in [2.75, 3.05) is 13.0 Å². The first-order chi connectivity index (χ1) is 8.17. The molecule has 0 aromatic carbocycles. The van der Waals surface area contributed by atoms with Crippen LogP contribution in [-0.2, 0) is 24.1 Å². The molecule has 1 aromatic rings. The molecule has 0 fully saturated rings. The molecule has 1 aromatic heterocycles. The molecule has 0 saturated heterocycles. The molecule has 1 unspecified atom stereocenters. The average molecular weight is 257 g/mol. The van der Waals surface area contributed by atoms with E-state index < -0.39 is 0 Å². The van der Waals surface area contributed by atoms with Gasteiger partial charge in [-0.15, -0.1) is 11.6 Å². The van der Waals surface area contributed by atoms with Crippen LogP contribution in [0.3, 0.4) is 0 Å². The van der Waals surface area contributed by atoms with Crippen LogP contribution in [0, 0.1) is 6.92 Å². The summed E-state index contributed by atoms with van der Waals surface area (Å²) in [5.41, 5.74) is 1.60. The molecular weight excluding hydrogens is 240 g/mol. The molecule has 0 spiro atoms. The molecule has 0 aliphatic carbocycles. The Bertz CT molecular complexity index is 470. The average Bonchev–Trinajstić information content (AvgIpc) is 2.34. The van der Waals surface area contributed by atoms with E-state index >= 15 is 0 Å². The minimum absolute atomic E-state index is 0.0508. The fourth-order valence-electron chi connectivity index (χ4n) is 2.30. The number of hydrogen-bond donors (Lipinski definition) is 0. The Morgan fingerprint density at radius 2 is 2.35 bits per heavy atom. The zero-order valence-electron chi connectivity index (χ0n) is 10.2. The summed E-state index contributed by atoms with van der Waals surface area (Å²) in [6, 6.07) is 0. The first kappa shape index (κ1) is 12.6. The topological polar surface area (TPSA) is 44.1 Å². The summed E-state index contributed by atoms with van der Waals surface area (Å²) < 4.78 is 7.06. The van der Waals surface area contributed by atoms with Crippen molar-refractivity contribution in [2.24, 2.45) is 0 Å². The van der Waals surface area contributed by atoms with E-state index in [2.05, 4.69) is 4.98 Å². The van der Waals surface area contributed by atoms with Gasteiger partial charge in [-0.25, -0.2) is 4.98 Å². The van der Waals surface area contributed by atoms with Gasteiger partial charge in [0.1, 0.15) is 5.82 Å². The van der Waals surface area contributed by atoms with Crippen LogP contribution in [-0.4, -0.2) is 28.6 Å². The van der Waals surface area contributed by atoms with Crippen LogP contribution in [0.1, 0.15) is 23.5 Å². The fraction of sp³-hybridized carbons (Fsp3) is 0.667. The van der Waals surface area contributed by atoms with Crippen molar-refractivity contribution in [3.8, 4) is 0 Å². The molecule has 0 radical (unpaired) electrons. The van der Waals surface area contributed by atoms with Crippen LogP contribution in [0.2, 0.25) is 0 Å². The highest BCUT2D eigenvalue weighted by Gasteiger charge is 2.22. The number of rotatable bonds is 3. The summed E-state index contributed by atoms with van der Waals surface area (Å²) in [7, 11) is 1.68. The number of halogens is 1. The zero-order chi connectivity index (χ0) is 12.4. The smallest absolute Gasteiger partial charge is 0.257 e. The minimum atomic E-state index is 0.0508. The largest absolute Gasteiger partial charge is 0.380 e. The number of aromatic nitrogens is 2. The van der Waals surface area contributed by atoms with Crippen LogP contribution in [0.5, 0.6) is 0 Å². The standard InChI is InChI=1S/C12H17ClN2O2/c1-8-10(5-6-13)12(16)15-7-9(17-2)3-4-11(15)14-8/h9H,3-7H2,1-2H3. The number of hydrogen-bond acceptors (Lipinski definition) is 3. The Labute approximate surface area is 106 Å². The summed E-state index contributed by atoms with van der Waals surface area (Å²) in [5, 5.41) is 0. The monoisotopic (exact) mass is 256 g/mol. The fourth-order valence-corrected chi connectivity index (χ4v) is 2.48. The van der Waals surface area contributed by atoms with Crippen molar-refractivity contribution in [1.82, 2.24) is 9.55 Å². The zero-order valence-corrected chi connectivity index (χ0v) is 11.0. The van der Waals surface area contributed by atoms with E-state index in [1.807, 2.05) is 6.92 Å². The first-order valence-corrected chi connectivity index (χ1v) is 6.38. The number of fused-ring (bicyclic) bond motifs is 1. The van der Waals surface area contributed by atoms with Gasteiger partial charge in [0.15, 0.2) is 0 Å². The summed E-state index contributed by atoms with van der Waals surface area (Å²) in [6.07, 6.45) is 2.43. The molecule has 0 bridgehead atoms. The number of aryl methyl sites for hydroxylation is 2. The maximum absolute atomic E-state index is 12.3. The highest BCUT2D eigenvalue weighted by molar-refractivity contribution is 6.17. The van der Waals surface area contributed by atoms with Gasteiger partial charge in [-0.1, -0.05) is 0 Å². The van der Waals surface area contributed by atoms with Crippen LogP contribution in [0.25, 0.3) is 0 Å². The van der Waals surface area contributed by atoms with Crippen molar-refractivity contribution >= 4 is 11.6 Å². The van der Waals surface area contributed by atoms with Gasteiger partial charge in [0, 0.05) is 30.7 Å². The maximum Gasteiger partial charge on any atom is 0.257 e. The number of methoxy groups -OCH3 is 1. The molecule has 5 heteroatoms. The van der Waals surface area contributed by atoms with Crippen LogP contribution >= 0.6 is 11.6 Å². The highest BCUT2D eigenvalue weighted by atomic mass is 35.5. The Morgan fingerprint density at radius 3 is 3.00 bits per heavy atom. The molecule has 94 valence electrons. The van der Waals surface area contributed by atoms with E-state index in [4.69, 9.17) is 16.3 Å². The third-order valence-corrected chi connectivity index (χ3v) is 3.49. The van der Waals surface area contributed by atoms with E-state index in [1.54, 1.807) is 11.7 Å². The minimum Gasteiger partial charge on any atom is -0.380 e. The summed E-state index contributed by atoms with van der Waals surface area (Å²) >= 11 is 5.72. The second-order valence-corrected chi connectivity index (χ2v) is 4.72. The van der Waals surface area contributed by atoms with Gasteiger partial charge in [0.2, 0.25) is 0 Å². The molecule has 2 heterocycles. The van der Waals surface area contributed by atoms with Crippen molar-refractivity contribution in [1.29, 1.82) is 0 Å². The highest BCUT2D eigenvalue weighted by Crippen LogP contribution is 2.15. The molecule has 2 rings (SSSR count). The van der Waals surface area contributed by atoms with E-state index in [1.165, 1.54) is 0 Å². The first-order valence-electron chi connectivity index (χ1n) is 5.85. The summed E-state index contributed by atoms with van der Waals surface area (Å²) in [5.74, 6) is 1.32. The molecule has 0 amide bonds. The number of nitrogens with zero attached hydrogens (tertiary/aromatic N) is 2. The quantitative estimate of drug-likeness (QED) is 0.766. The van der Waals surface area contributed by atoms with Gasteiger partial charge in [0.05, 0.1) is 12.6 Å². The Hall–Kier alpha value is -0.870. The number of ether oxygens (including phenoxy) is 1. The van der Waals surface area contributed by atoms with Gasteiger partial charge in [0.25, 0.3) is 5.56 Å². The van der Waals surface area contributed by atoms with E-state index in [-0.39, 0.29) is 11.7 Å². The van der Waals surface area contributed by atoms with Crippen molar-refractivity contribution in [3.05, 3.63) is 27.4 Å². The van der Waals surface area contributed by atoms with Crippen molar-refractivity contribution < 1.29 is 4.74 Å². The van der Waals surface area contributed by atoms with Crippen LogP contribution in [0.15, 0.2) is 4.79 Å². The van der Waals surface area contributed by atoms with Gasteiger partial charge in [-0.05, 0) is 19.8 Å². The summed E-state index contributed by atoms with van der Waals surface area (Å²) in [4.78, 5) is 16.8. The molecule has 0 saturated carbocycles. The molecule has 4 nitrogen and oxygen atoms in total. The lowest BCUT2D eigenvalue weighted by atomic mass is 10.1. The molecule has 1 aliphatic heterocycles. The Balaban J connectivity index is 2.45. The van der Waals surface area contributed by atoms with E-state index in [9.17, 15) is 4.79 Å². The molecule has 1 aliphatic rings. The normalized spacial score (nSPS) is 19.1. The lowest BCUT2D eigenvalue weighted by Gasteiger charge is -2.25. The van der Waals surface area contributed by atoms with Crippen molar-refractivity contribution in [3.63, 3.8) is 0 Å². The van der Waals surface area contributed by atoms with E-state index in [0.717, 1.165) is 29.9 Å². The second kappa shape index (κ2) is 5.19. The maximum atomic E-state index is 12.3. The van der Waals surface area contributed by atoms with Crippen LogP contribution < -0.4 is 5.56 Å². The molecule has 0 N–H and O–H groups in total.